The van der Waals surface area contributed by atoms with Crippen LogP contribution in [0.2, 0.25) is 10.2 Å². The first kappa shape index (κ1) is 12.9. The summed E-state index contributed by atoms with van der Waals surface area (Å²) in [4.78, 5) is 11.8. The average molecular weight is 285 g/mol. The van der Waals surface area contributed by atoms with Crippen molar-refractivity contribution in [1.29, 1.82) is 0 Å². The van der Waals surface area contributed by atoms with Crippen LogP contribution >= 0.6 is 23.2 Å². The molecule has 1 N–H and O–H groups in total. The maximum Gasteiger partial charge on any atom is 0.343 e. The molecule has 0 radical (unpaired) electrons. The van der Waals surface area contributed by atoms with E-state index in [0.29, 0.717) is 16.3 Å². The van der Waals surface area contributed by atoms with Gasteiger partial charge in [0.25, 0.3) is 0 Å². The maximum atomic E-state index is 11.8. The smallest absolute Gasteiger partial charge is 0.343 e. The van der Waals surface area contributed by atoms with Crippen molar-refractivity contribution in [2.45, 2.75) is 6.92 Å². The average Bonchev–Trinajstić information content (AvgIpc) is 2.71. The second-order valence-corrected chi connectivity index (χ2v) is 4.31. The Morgan fingerprint density at radius 2 is 2.22 bits per heavy atom. The van der Waals surface area contributed by atoms with Crippen molar-refractivity contribution in [3.8, 4) is 11.3 Å². The van der Waals surface area contributed by atoms with Crippen molar-refractivity contribution in [3.05, 3.63) is 40.0 Å². The van der Waals surface area contributed by atoms with Crippen molar-refractivity contribution in [2.24, 2.45) is 0 Å². The highest BCUT2D eigenvalue weighted by molar-refractivity contribution is 6.33. The molecule has 0 aliphatic carbocycles. The van der Waals surface area contributed by atoms with Crippen LogP contribution in [0.3, 0.4) is 0 Å². The first-order valence-corrected chi connectivity index (χ1v) is 6.06. The molecule has 2 aromatic rings. The van der Waals surface area contributed by atoms with Gasteiger partial charge in [0, 0.05) is 10.6 Å². The number of carbonyl (C=O) groups excluding carboxylic acids is 1. The van der Waals surface area contributed by atoms with Crippen LogP contribution in [0.15, 0.2) is 24.3 Å². The van der Waals surface area contributed by atoms with Crippen LogP contribution in [0, 0.1) is 0 Å². The van der Waals surface area contributed by atoms with Gasteiger partial charge in [-0.05, 0) is 19.1 Å². The largest absolute Gasteiger partial charge is 0.462 e. The summed E-state index contributed by atoms with van der Waals surface area (Å²) < 4.78 is 4.94. The highest BCUT2D eigenvalue weighted by Crippen LogP contribution is 2.28. The van der Waals surface area contributed by atoms with Crippen molar-refractivity contribution in [2.75, 3.05) is 6.61 Å². The van der Waals surface area contributed by atoms with Gasteiger partial charge in [-0.2, -0.15) is 5.10 Å². The number of benzene rings is 1. The molecular formula is C12H10Cl2N2O2. The van der Waals surface area contributed by atoms with Crippen LogP contribution in [0.4, 0.5) is 0 Å². The minimum absolute atomic E-state index is 0.156. The first-order chi connectivity index (χ1) is 8.63. The van der Waals surface area contributed by atoms with Gasteiger partial charge in [-0.3, -0.25) is 5.10 Å². The van der Waals surface area contributed by atoms with Crippen LogP contribution in [0.1, 0.15) is 17.3 Å². The summed E-state index contributed by atoms with van der Waals surface area (Å²) >= 11 is 11.8. The number of rotatable bonds is 3. The normalized spacial score (nSPS) is 10.4. The zero-order valence-electron chi connectivity index (χ0n) is 9.54. The molecule has 0 aliphatic heterocycles. The third-order valence-electron chi connectivity index (χ3n) is 2.30. The van der Waals surface area contributed by atoms with Gasteiger partial charge in [0.1, 0.15) is 16.4 Å². The van der Waals surface area contributed by atoms with E-state index in [0.717, 1.165) is 0 Å². The van der Waals surface area contributed by atoms with E-state index in [9.17, 15) is 4.79 Å². The van der Waals surface area contributed by atoms with Gasteiger partial charge in [0.05, 0.1) is 6.61 Å². The Morgan fingerprint density at radius 1 is 1.44 bits per heavy atom. The Labute approximate surface area is 114 Å². The van der Waals surface area contributed by atoms with E-state index < -0.39 is 5.97 Å². The van der Waals surface area contributed by atoms with Crippen LogP contribution in [-0.4, -0.2) is 22.8 Å². The topological polar surface area (TPSA) is 55.0 Å². The Kier molecular flexibility index (Phi) is 3.89. The van der Waals surface area contributed by atoms with Gasteiger partial charge in [0.15, 0.2) is 0 Å². The summed E-state index contributed by atoms with van der Waals surface area (Å²) in [6.07, 6.45) is 0. The molecule has 0 fully saturated rings. The van der Waals surface area contributed by atoms with Gasteiger partial charge >= 0.3 is 5.97 Å². The van der Waals surface area contributed by atoms with Crippen molar-refractivity contribution >= 4 is 29.2 Å². The number of ether oxygens (including phenoxy) is 1. The standard InChI is InChI=1S/C12H10Cl2N2O2/c1-2-18-12(17)9-10(15-16-11(9)14)7-4-3-5-8(13)6-7/h3-6H,2H2,1H3,(H,15,16). The second-order valence-electron chi connectivity index (χ2n) is 3.49. The lowest BCUT2D eigenvalue weighted by Gasteiger charge is -2.03. The van der Waals surface area contributed by atoms with Gasteiger partial charge in [-0.15, -0.1) is 0 Å². The number of H-pyrrole nitrogens is 1. The van der Waals surface area contributed by atoms with E-state index >= 15 is 0 Å². The number of nitrogens with one attached hydrogen (secondary N) is 1. The number of nitrogens with zero attached hydrogens (tertiary/aromatic N) is 1. The van der Waals surface area contributed by atoms with Crippen molar-refractivity contribution < 1.29 is 9.53 Å². The Bertz CT molecular complexity index is 581. The van der Waals surface area contributed by atoms with Gasteiger partial charge in [0.2, 0.25) is 0 Å². The summed E-state index contributed by atoms with van der Waals surface area (Å²) in [7, 11) is 0. The van der Waals surface area contributed by atoms with E-state index in [-0.39, 0.29) is 17.3 Å². The molecule has 0 unspecified atom stereocenters. The van der Waals surface area contributed by atoms with Crippen LogP contribution in [-0.2, 0) is 4.74 Å². The molecule has 1 aromatic carbocycles. The van der Waals surface area contributed by atoms with E-state index in [1.165, 1.54) is 0 Å². The molecule has 2 rings (SSSR count). The molecule has 0 saturated heterocycles. The van der Waals surface area contributed by atoms with Gasteiger partial charge in [-0.1, -0.05) is 35.3 Å². The number of hydrogen-bond donors (Lipinski definition) is 1. The molecular weight excluding hydrogens is 275 g/mol. The number of hydrogen-bond acceptors (Lipinski definition) is 3. The number of aromatic amines is 1. The lowest BCUT2D eigenvalue weighted by Crippen LogP contribution is -2.05. The fourth-order valence-corrected chi connectivity index (χ4v) is 1.95. The maximum absolute atomic E-state index is 11.8. The SMILES string of the molecule is CCOC(=O)c1c(-c2cccc(Cl)c2)n[nH]c1Cl. The van der Waals surface area contributed by atoms with Crippen molar-refractivity contribution in [3.63, 3.8) is 0 Å². The molecule has 0 saturated carbocycles. The highest BCUT2D eigenvalue weighted by Gasteiger charge is 2.21. The summed E-state index contributed by atoms with van der Waals surface area (Å²) in [6.45, 7) is 2.00. The zero-order chi connectivity index (χ0) is 13.1. The molecule has 0 bridgehead atoms. The second kappa shape index (κ2) is 5.42. The molecule has 0 atom stereocenters. The molecule has 94 valence electrons. The molecule has 0 aliphatic rings. The van der Waals surface area contributed by atoms with Crippen LogP contribution in [0.25, 0.3) is 11.3 Å². The molecule has 4 nitrogen and oxygen atoms in total. The Hall–Kier alpha value is -1.52. The third-order valence-corrected chi connectivity index (χ3v) is 2.81. The van der Waals surface area contributed by atoms with Gasteiger partial charge < -0.3 is 4.74 Å². The summed E-state index contributed by atoms with van der Waals surface area (Å²) in [6, 6.07) is 7.01. The van der Waals surface area contributed by atoms with Gasteiger partial charge in [-0.25, -0.2) is 4.79 Å². The lowest BCUT2D eigenvalue weighted by molar-refractivity contribution is 0.0527. The fraction of sp³-hybridized carbons (Fsp3) is 0.167. The molecule has 18 heavy (non-hydrogen) atoms. The van der Waals surface area contributed by atoms with Crippen LogP contribution < -0.4 is 0 Å². The number of halogens is 2. The Morgan fingerprint density at radius 3 is 2.89 bits per heavy atom. The van der Waals surface area contributed by atoms with E-state index in [1.54, 1.807) is 31.2 Å². The zero-order valence-corrected chi connectivity index (χ0v) is 11.0. The molecule has 1 heterocycles. The van der Waals surface area contributed by atoms with E-state index in [4.69, 9.17) is 27.9 Å². The minimum atomic E-state index is -0.508. The molecule has 0 spiro atoms. The lowest BCUT2D eigenvalue weighted by atomic mass is 10.1. The molecule has 1 aromatic heterocycles. The minimum Gasteiger partial charge on any atom is -0.462 e. The third kappa shape index (κ3) is 2.49. The molecule has 0 amide bonds. The summed E-state index contributed by atoms with van der Waals surface area (Å²) in [5.41, 5.74) is 1.36. The quantitative estimate of drug-likeness (QED) is 0.877. The predicted molar refractivity (Wildman–Crippen MR) is 70.0 cm³/mol. The highest BCUT2D eigenvalue weighted by atomic mass is 35.5. The number of esters is 1. The molecule has 6 heteroatoms. The predicted octanol–water partition coefficient (Wildman–Crippen LogP) is 3.56. The Balaban J connectivity index is 2.49. The van der Waals surface area contributed by atoms with Crippen molar-refractivity contribution in [1.82, 2.24) is 10.2 Å². The number of carbonyl (C=O) groups is 1. The monoisotopic (exact) mass is 284 g/mol. The number of aromatic nitrogens is 2. The summed E-state index contributed by atoms with van der Waals surface area (Å²) in [5, 5.41) is 7.29. The summed E-state index contributed by atoms with van der Waals surface area (Å²) in [5.74, 6) is -0.508. The van der Waals surface area contributed by atoms with E-state index in [1.807, 2.05) is 0 Å². The van der Waals surface area contributed by atoms with Crippen LogP contribution in [0.5, 0.6) is 0 Å². The van der Waals surface area contributed by atoms with E-state index in [2.05, 4.69) is 10.2 Å². The first-order valence-electron chi connectivity index (χ1n) is 5.30. The fourth-order valence-electron chi connectivity index (χ4n) is 1.55.